The molecule has 7 nitrogen and oxygen atoms in total. The fourth-order valence-electron chi connectivity index (χ4n) is 2.39. The molecule has 0 aliphatic carbocycles. The number of nitrogen functional groups attached to an aromatic ring is 1. The summed E-state index contributed by atoms with van der Waals surface area (Å²) in [5.41, 5.74) is 9.05. The quantitative estimate of drug-likeness (QED) is 0.701. The van der Waals surface area contributed by atoms with Crippen molar-refractivity contribution < 1.29 is 4.79 Å². The lowest BCUT2D eigenvalue weighted by molar-refractivity contribution is -0.117. The Morgan fingerprint density at radius 1 is 1.17 bits per heavy atom. The van der Waals surface area contributed by atoms with Gasteiger partial charge in [-0.15, -0.1) is 10.2 Å². The fraction of sp³-hybridized carbons (Fsp3) is 0.176. The molecule has 0 saturated heterocycles. The Balaban J connectivity index is 1.71. The number of nitrogens with two attached hydrogens (primary N) is 1. The van der Waals surface area contributed by atoms with Crippen molar-refractivity contribution in [2.45, 2.75) is 19.9 Å². The second-order valence-corrected chi connectivity index (χ2v) is 5.29. The van der Waals surface area contributed by atoms with E-state index in [4.69, 9.17) is 5.73 Å². The van der Waals surface area contributed by atoms with Crippen molar-refractivity contribution in [3.63, 3.8) is 0 Å². The molecule has 3 rings (SSSR count). The molecule has 0 aliphatic rings. The topological polar surface area (TPSA) is 98.7 Å². The average Bonchev–Trinajstić information content (AvgIpc) is 3.04. The van der Waals surface area contributed by atoms with Crippen molar-refractivity contribution in [1.29, 1.82) is 0 Å². The second kappa shape index (κ2) is 6.91. The molecule has 2 aromatic carbocycles. The number of anilines is 2. The normalized spacial score (nSPS) is 10.5. The molecule has 0 unspecified atom stereocenters. The molecular formula is C17H18N6O. The number of nitrogens with one attached hydrogen (secondary N) is 1. The third-order valence-electron chi connectivity index (χ3n) is 3.61. The smallest absolute Gasteiger partial charge is 0.248 e. The summed E-state index contributed by atoms with van der Waals surface area (Å²) in [5, 5.41) is 15.0. The monoisotopic (exact) mass is 322 g/mol. The van der Waals surface area contributed by atoms with Crippen molar-refractivity contribution in [3.05, 3.63) is 54.1 Å². The molecular weight excluding hydrogens is 304 g/mol. The number of tetrazole rings is 1. The first-order valence-corrected chi connectivity index (χ1v) is 7.68. The van der Waals surface area contributed by atoms with Gasteiger partial charge in [-0.1, -0.05) is 37.3 Å². The van der Waals surface area contributed by atoms with Gasteiger partial charge in [-0.2, -0.15) is 4.80 Å². The van der Waals surface area contributed by atoms with Gasteiger partial charge in [-0.3, -0.25) is 4.79 Å². The minimum atomic E-state index is -0.208. The molecule has 1 aromatic heterocycles. The summed E-state index contributed by atoms with van der Waals surface area (Å²) in [5.74, 6) is 0.191. The molecule has 24 heavy (non-hydrogen) atoms. The van der Waals surface area contributed by atoms with Gasteiger partial charge in [-0.25, -0.2) is 0 Å². The Kier molecular flexibility index (Phi) is 4.51. The van der Waals surface area contributed by atoms with E-state index in [1.54, 1.807) is 6.07 Å². The third kappa shape index (κ3) is 3.40. The zero-order chi connectivity index (χ0) is 16.9. The van der Waals surface area contributed by atoms with Crippen LogP contribution >= 0.6 is 0 Å². The van der Waals surface area contributed by atoms with Gasteiger partial charge in [0.1, 0.15) is 6.54 Å². The van der Waals surface area contributed by atoms with E-state index in [-0.39, 0.29) is 12.5 Å². The zero-order valence-electron chi connectivity index (χ0n) is 13.3. The van der Waals surface area contributed by atoms with Crippen LogP contribution in [-0.2, 0) is 17.8 Å². The first-order valence-electron chi connectivity index (χ1n) is 7.68. The zero-order valence-corrected chi connectivity index (χ0v) is 13.3. The second-order valence-electron chi connectivity index (χ2n) is 5.29. The molecule has 0 saturated carbocycles. The van der Waals surface area contributed by atoms with Crippen LogP contribution in [-0.4, -0.2) is 26.1 Å². The predicted octanol–water partition coefficient (Wildman–Crippen LogP) is 2.12. The van der Waals surface area contributed by atoms with Gasteiger partial charge in [0.25, 0.3) is 0 Å². The van der Waals surface area contributed by atoms with Crippen LogP contribution in [0.25, 0.3) is 11.4 Å². The SMILES string of the molecule is CCc1ccccc1NC(=O)Cn1nnc(-c2ccccc2N)n1. The van der Waals surface area contributed by atoms with Crippen LogP contribution in [0.1, 0.15) is 12.5 Å². The highest BCUT2D eigenvalue weighted by Gasteiger charge is 2.12. The molecule has 0 spiro atoms. The van der Waals surface area contributed by atoms with Gasteiger partial charge in [0.2, 0.25) is 11.7 Å². The lowest BCUT2D eigenvalue weighted by Crippen LogP contribution is -2.21. The lowest BCUT2D eigenvalue weighted by Gasteiger charge is -2.08. The maximum atomic E-state index is 12.2. The molecule has 7 heteroatoms. The molecule has 0 radical (unpaired) electrons. The Bertz CT molecular complexity index is 858. The molecule has 1 heterocycles. The maximum absolute atomic E-state index is 12.2. The Morgan fingerprint density at radius 3 is 2.71 bits per heavy atom. The number of para-hydroxylation sites is 2. The molecule has 0 atom stereocenters. The van der Waals surface area contributed by atoms with Crippen molar-refractivity contribution in [2.75, 3.05) is 11.1 Å². The van der Waals surface area contributed by atoms with E-state index >= 15 is 0 Å². The maximum Gasteiger partial charge on any atom is 0.248 e. The van der Waals surface area contributed by atoms with E-state index in [2.05, 4.69) is 20.7 Å². The predicted molar refractivity (Wildman–Crippen MR) is 92.1 cm³/mol. The van der Waals surface area contributed by atoms with Crippen LogP contribution in [0.15, 0.2) is 48.5 Å². The highest BCUT2D eigenvalue weighted by atomic mass is 16.2. The van der Waals surface area contributed by atoms with Crippen LogP contribution in [0.2, 0.25) is 0 Å². The van der Waals surface area contributed by atoms with Gasteiger partial charge in [0, 0.05) is 16.9 Å². The molecule has 1 amide bonds. The van der Waals surface area contributed by atoms with E-state index in [1.165, 1.54) is 4.80 Å². The summed E-state index contributed by atoms with van der Waals surface area (Å²) in [6.07, 6.45) is 0.843. The largest absolute Gasteiger partial charge is 0.398 e. The minimum absolute atomic E-state index is 0.0161. The number of aromatic nitrogens is 4. The number of carbonyl (C=O) groups excluding carboxylic acids is 1. The van der Waals surface area contributed by atoms with Gasteiger partial charge >= 0.3 is 0 Å². The Morgan fingerprint density at radius 2 is 1.92 bits per heavy atom. The minimum Gasteiger partial charge on any atom is -0.398 e. The van der Waals surface area contributed by atoms with Gasteiger partial charge in [0.15, 0.2) is 0 Å². The van der Waals surface area contributed by atoms with E-state index < -0.39 is 0 Å². The molecule has 3 aromatic rings. The molecule has 122 valence electrons. The summed E-state index contributed by atoms with van der Waals surface area (Å²) < 4.78 is 0. The number of aryl methyl sites for hydroxylation is 1. The van der Waals surface area contributed by atoms with Crippen molar-refractivity contribution in [2.24, 2.45) is 0 Å². The summed E-state index contributed by atoms with van der Waals surface area (Å²) in [7, 11) is 0. The average molecular weight is 322 g/mol. The summed E-state index contributed by atoms with van der Waals surface area (Å²) >= 11 is 0. The third-order valence-corrected chi connectivity index (χ3v) is 3.61. The van der Waals surface area contributed by atoms with Crippen LogP contribution in [0, 0.1) is 0 Å². The molecule has 3 N–H and O–H groups in total. The van der Waals surface area contributed by atoms with Crippen molar-refractivity contribution in [3.8, 4) is 11.4 Å². The van der Waals surface area contributed by atoms with Crippen molar-refractivity contribution >= 4 is 17.3 Å². The van der Waals surface area contributed by atoms with E-state index in [1.807, 2.05) is 49.4 Å². The fourth-order valence-corrected chi connectivity index (χ4v) is 2.39. The summed E-state index contributed by atoms with van der Waals surface area (Å²) in [6.45, 7) is 2.03. The first kappa shape index (κ1) is 15.7. The summed E-state index contributed by atoms with van der Waals surface area (Å²) in [6, 6.07) is 15.0. The van der Waals surface area contributed by atoms with E-state index in [9.17, 15) is 4.79 Å². The number of carbonyl (C=O) groups is 1. The Labute approximate surface area is 139 Å². The number of hydrogen-bond acceptors (Lipinski definition) is 5. The van der Waals surface area contributed by atoms with Crippen LogP contribution in [0.5, 0.6) is 0 Å². The van der Waals surface area contributed by atoms with Gasteiger partial charge < -0.3 is 11.1 Å². The van der Waals surface area contributed by atoms with Crippen LogP contribution in [0.3, 0.4) is 0 Å². The lowest BCUT2D eigenvalue weighted by atomic mass is 10.1. The van der Waals surface area contributed by atoms with Gasteiger partial charge in [0.05, 0.1) is 0 Å². The van der Waals surface area contributed by atoms with E-state index in [0.717, 1.165) is 17.7 Å². The van der Waals surface area contributed by atoms with Crippen LogP contribution in [0.4, 0.5) is 11.4 Å². The number of hydrogen-bond donors (Lipinski definition) is 2. The molecule has 0 aliphatic heterocycles. The van der Waals surface area contributed by atoms with Gasteiger partial charge in [-0.05, 0) is 35.4 Å². The molecule has 0 fully saturated rings. The highest BCUT2D eigenvalue weighted by Crippen LogP contribution is 2.20. The Hall–Kier alpha value is -3.22. The van der Waals surface area contributed by atoms with E-state index in [0.29, 0.717) is 17.1 Å². The standard InChI is InChI=1S/C17H18N6O/c1-2-12-7-3-6-10-15(12)19-16(24)11-23-21-17(20-22-23)13-8-4-5-9-14(13)18/h3-10H,2,11,18H2,1H3,(H,19,24). The summed E-state index contributed by atoms with van der Waals surface area (Å²) in [4.78, 5) is 13.5. The number of amides is 1. The first-order chi connectivity index (χ1) is 11.7. The number of rotatable bonds is 5. The van der Waals surface area contributed by atoms with Crippen molar-refractivity contribution in [1.82, 2.24) is 20.2 Å². The van der Waals surface area contributed by atoms with Crippen LogP contribution < -0.4 is 11.1 Å². The number of benzene rings is 2. The highest BCUT2D eigenvalue weighted by molar-refractivity contribution is 5.91. The number of nitrogens with zero attached hydrogens (tertiary/aromatic N) is 4. The molecule has 0 bridgehead atoms.